The van der Waals surface area contributed by atoms with Crippen LogP contribution in [0.1, 0.15) is 25.7 Å². The molecule has 6 heteroatoms. The van der Waals surface area contributed by atoms with Gasteiger partial charge < -0.3 is 20.3 Å². The molecule has 1 aliphatic heterocycles. The summed E-state index contributed by atoms with van der Waals surface area (Å²) in [5.41, 5.74) is 2.79. The molecule has 28 heavy (non-hydrogen) atoms. The van der Waals surface area contributed by atoms with E-state index in [1.807, 2.05) is 42.5 Å². The summed E-state index contributed by atoms with van der Waals surface area (Å²) in [5.74, 6) is 0.653. The molecule has 2 aromatic rings. The van der Waals surface area contributed by atoms with Crippen molar-refractivity contribution < 1.29 is 9.53 Å². The van der Waals surface area contributed by atoms with Gasteiger partial charge in [0.05, 0.1) is 12.1 Å². The lowest BCUT2D eigenvalue weighted by molar-refractivity contribution is 0.224. The molecule has 0 radical (unpaired) electrons. The summed E-state index contributed by atoms with van der Waals surface area (Å²) in [6, 6.07) is 13.2. The molecule has 150 valence electrons. The van der Waals surface area contributed by atoms with Crippen molar-refractivity contribution in [2.45, 2.75) is 25.7 Å². The van der Waals surface area contributed by atoms with Crippen molar-refractivity contribution in [3.8, 4) is 16.9 Å². The zero-order valence-electron chi connectivity index (χ0n) is 16.3. The van der Waals surface area contributed by atoms with E-state index in [0.717, 1.165) is 29.8 Å². The van der Waals surface area contributed by atoms with Gasteiger partial charge in [-0.2, -0.15) is 0 Å². The number of hydrogen-bond acceptors (Lipinski definition) is 3. The highest BCUT2D eigenvalue weighted by Crippen LogP contribution is 2.30. The Kier molecular flexibility index (Phi) is 7.57. The second kappa shape index (κ2) is 10.3. The van der Waals surface area contributed by atoms with E-state index in [9.17, 15) is 4.79 Å². The number of methoxy groups -OCH3 is 1. The number of likely N-dealkylation sites (tertiary alicyclic amines) is 1. The SMILES string of the molecule is COc1ccc(-c2ccc(NC(=O)NCCCN3CCCCC3)cc2)cc1Cl. The number of urea groups is 1. The zero-order valence-corrected chi connectivity index (χ0v) is 17.1. The highest BCUT2D eigenvalue weighted by molar-refractivity contribution is 6.32. The topological polar surface area (TPSA) is 53.6 Å². The van der Waals surface area contributed by atoms with Crippen LogP contribution in [0, 0.1) is 0 Å². The number of amides is 2. The van der Waals surface area contributed by atoms with Crippen LogP contribution in [0.15, 0.2) is 42.5 Å². The van der Waals surface area contributed by atoms with E-state index in [-0.39, 0.29) is 6.03 Å². The van der Waals surface area contributed by atoms with Crippen LogP contribution in [0.5, 0.6) is 5.75 Å². The fraction of sp³-hybridized carbons (Fsp3) is 0.409. The van der Waals surface area contributed by atoms with Crippen LogP contribution in [0.2, 0.25) is 5.02 Å². The van der Waals surface area contributed by atoms with Gasteiger partial charge in [0.2, 0.25) is 0 Å². The van der Waals surface area contributed by atoms with E-state index in [0.29, 0.717) is 17.3 Å². The zero-order chi connectivity index (χ0) is 19.8. The maximum atomic E-state index is 12.1. The van der Waals surface area contributed by atoms with Crippen LogP contribution < -0.4 is 15.4 Å². The molecule has 5 nitrogen and oxygen atoms in total. The first-order valence-electron chi connectivity index (χ1n) is 9.87. The summed E-state index contributed by atoms with van der Waals surface area (Å²) in [7, 11) is 1.60. The van der Waals surface area contributed by atoms with E-state index >= 15 is 0 Å². The predicted octanol–water partition coefficient (Wildman–Crippen LogP) is 5.01. The minimum absolute atomic E-state index is 0.168. The number of ether oxygens (including phenoxy) is 1. The molecule has 2 amide bonds. The van der Waals surface area contributed by atoms with Gasteiger partial charge in [0.1, 0.15) is 5.75 Å². The van der Waals surface area contributed by atoms with Gasteiger partial charge in [-0.1, -0.05) is 36.2 Å². The molecule has 2 N–H and O–H groups in total. The molecule has 0 unspecified atom stereocenters. The van der Waals surface area contributed by atoms with Gasteiger partial charge in [-0.3, -0.25) is 0 Å². The van der Waals surface area contributed by atoms with E-state index in [4.69, 9.17) is 16.3 Å². The van der Waals surface area contributed by atoms with Crippen LogP contribution in [-0.4, -0.2) is 44.2 Å². The van der Waals surface area contributed by atoms with Crippen LogP contribution in [0.3, 0.4) is 0 Å². The van der Waals surface area contributed by atoms with E-state index in [1.165, 1.54) is 32.4 Å². The van der Waals surface area contributed by atoms with Gasteiger partial charge >= 0.3 is 6.03 Å². The smallest absolute Gasteiger partial charge is 0.319 e. The first-order valence-corrected chi connectivity index (χ1v) is 10.2. The van der Waals surface area contributed by atoms with Gasteiger partial charge in [0.25, 0.3) is 0 Å². The van der Waals surface area contributed by atoms with Crippen molar-refractivity contribution >= 4 is 23.3 Å². The Bertz CT molecular complexity index is 774. The highest BCUT2D eigenvalue weighted by atomic mass is 35.5. The van der Waals surface area contributed by atoms with E-state index in [2.05, 4.69) is 15.5 Å². The Labute approximate surface area is 172 Å². The first-order chi connectivity index (χ1) is 13.7. The Morgan fingerprint density at radius 1 is 1.07 bits per heavy atom. The van der Waals surface area contributed by atoms with Crippen molar-refractivity contribution in [3.63, 3.8) is 0 Å². The highest BCUT2D eigenvalue weighted by Gasteiger charge is 2.09. The molecule has 2 aromatic carbocycles. The molecule has 0 spiro atoms. The summed E-state index contributed by atoms with van der Waals surface area (Å²) < 4.78 is 5.18. The number of carbonyl (C=O) groups excluding carboxylic acids is 1. The molecule has 0 atom stereocenters. The molecule has 0 aliphatic carbocycles. The van der Waals surface area contributed by atoms with Gasteiger partial charge in [0.15, 0.2) is 0 Å². The number of halogens is 1. The van der Waals surface area contributed by atoms with Crippen molar-refractivity contribution in [2.75, 3.05) is 38.6 Å². The number of hydrogen-bond donors (Lipinski definition) is 2. The fourth-order valence-corrected chi connectivity index (χ4v) is 3.71. The van der Waals surface area contributed by atoms with Gasteiger partial charge in [-0.25, -0.2) is 4.79 Å². The summed E-state index contributed by atoms with van der Waals surface area (Å²) >= 11 is 6.20. The van der Waals surface area contributed by atoms with Crippen molar-refractivity contribution in [1.82, 2.24) is 10.2 Å². The van der Waals surface area contributed by atoms with Gasteiger partial charge in [0, 0.05) is 12.2 Å². The molecule has 0 aromatic heterocycles. The third-order valence-electron chi connectivity index (χ3n) is 5.01. The van der Waals surface area contributed by atoms with Gasteiger partial charge in [-0.05, 0) is 74.3 Å². The van der Waals surface area contributed by atoms with Crippen LogP contribution >= 0.6 is 11.6 Å². The fourth-order valence-electron chi connectivity index (χ4n) is 3.45. The number of nitrogens with zero attached hydrogens (tertiary/aromatic N) is 1. The van der Waals surface area contributed by atoms with E-state index < -0.39 is 0 Å². The van der Waals surface area contributed by atoms with Gasteiger partial charge in [-0.15, -0.1) is 0 Å². The normalized spacial score (nSPS) is 14.5. The number of carbonyl (C=O) groups is 1. The lowest BCUT2D eigenvalue weighted by atomic mass is 10.1. The standard InChI is InChI=1S/C22H28ClN3O2/c1-28-21-11-8-18(16-20(21)23)17-6-9-19(10-7-17)25-22(27)24-12-5-15-26-13-3-2-4-14-26/h6-11,16H,2-5,12-15H2,1H3,(H2,24,25,27). The number of anilines is 1. The van der Waals surface area contributed by atoms with Crippen molar-refractivity contribution in [2.24, 2.45) is 0 Å². The second-order valence-corrected chi connectivity index (χ2v) is 7.47. The quantitative estimate of drug-likeness (QED) is 0.641. The molecule has 1 saturated heterocycles. The monoisotopic (exact) mass is 401 g/mol. The molecule has 1 aliphatic rings. The average Bonchev–Trinajstić information content (AvgIpc) is 2.72. The third-order valence-corrected chi connectivity index (χ3v) is 5.31. The Morgan fingerprint density at radius 3 is 2.46 bits per heavy atom. The minimum Gasteiger partial charge on any atom is -0.495 e. The lowest BCUT2D eigenvalue weighted by Gasteiger charge is -2.26. The van der Waals surface area contributed by atoms with Crippen LogP contribution in [0.4, 0.5) is 10.5 Å². The average molecular weight is 402 g/mol. The predicted molar refractivity (Wildman–Crippen MR) is 115 cm³/mol. The molecule has 1 fully saturated rings. The maximum Gasteiger partial charge on any atom is 0.319 e. The second-order valence-electron chi connectivity index (χ2n) is 7.06. The summed E-state index contributed by atoms with van der Waals surface area (Å²) in [6.45, 7) is 4.13. The van der Waals surface area contributed by atoms with Crippen LogP contribution in [-0.2, 0) is 0 Å². The van der Waals surface area contributed by atoms with E-state index in [1.54, 1.807) is 7.11 Å². The number of nitrogens with one attached hydrogen (secondary N) is 2. The largest absolute Gasteiger partial charge is 0.495 e. The Morgan fingerprint density at radius 2 is 1.79 bits per heavy atom. The summed E-state index contributed by atoms with van der Waals surface area (Å²) in [6.07, 6.45) is 4.92. The molecule has 1 heterocycles. The molecular formula is C22H28ClN3O2. The minimum atomic E-state index is -0.168. The summed E-state index contributed by atoms with van der Waals surface area (Å²) in [5, 5.41) is 6.38. The first kappa shape index (κ1) is 20.5. The molecular weight excluding hydrogens is 374 g/mol. The number of rotatable bonds is 7. The van der Waals surface area contributed by atoms with Crippen molar-refractivity contribution in [3.05, 3.63) is 47.5 Å². The lowest BCUT2D eigenvalue weighted by Crippen LogP contribution is -2.34. The number of piperidine rings is 1. The Hall–Kier alpha value is -2.24. The van der Waals surface area contributed by atoms with Crippen molar-refractivity contribution in [1.29, 1.82) is 0 Å². The van der Waals surface area contributed by atoms with Crippen LogP contribution in [0.25, 0.3) is 11.1 Å². The molecule has 0 saturated carbocycles. The maximum absolute atomic E-state index is 12.1. The Balaban J connectivity index is 1.44. The number of benzene rings is 2. The molecule has 0 bridgehead atoms. The molecule has 3 rings (SSSR count). The third kappa shape index (κ3) is 5.88. The summed E-state index contributed by atoms with van der Waals surface area (Å²) in [4.78, 5) is 14.5.